The van der Waals surface area contributed by atoms with Gasteiger partial charge in [0.25, 0.3) is 0 Å². The van der Waals surface area contributed by atoms with Gasteiger partial charge in [-0.25, -0.2) is 8.42 Å². The van der Waals surface area contributed by atoms with Crippen molar-refractivity contribution in [2.24, 2.45) is 0 Å². The van der Waals surface area contributed by atoms with Crippen LogP contribution in [0.4, 0.5) is 0 Å². The molecule has 2 aromatic carbocycles. The Hall–Kier alpha value is -2.16. The van der Waals surface area contributed by atoms with Crippen LogP contribution < -0.4 is 0 Å². The van der Waals surface area contributed by atoms with Gasteiger partial charge in [-0.15, -0.1) is 10.2 Å². The predicted octanol–water partition coefficient (Wildman–Crippen LogP) is 4.08. The van der Waals surface area contributed by atoms with Crippen molar-refractivity contribution in [1.29, 1.82) is 0 Å². The Labute approximate surface area is 170 Å². The molecule has 3 aromatic rings. The molecule has 1 heterocycles. The molecule has 6 nitrogen and oxygen atoms in total. The first-order valence-corrected chi connectivity index (χ1v) is 11.7. The molecular formula is C20H24N4O2S2. The van der Waals surface area contributed by atoms with Crippen molar-refractivity contribution >= 4 is 21.8 Å². The molecule has 0 unspecified atom stereocenters. The quantitative estimate of drug-likeness (QED) is 0.518. The van der Waals surface area contributed by atoms with E-state index in [-0.39, 0.29) is 4.90 Å². The van der Waals surface area contributed by atoms with Crippen molar-refractivity contribution < 1.29 is 8.42 Å². The first kappa shape index (κ1) is 20.6. The van der Waals surface area contributed by atoms with E-state index in [1.165, 1.54) is 4.31 Å². The molecule has 0 amide bonds. The van der Waals surface area contributed by atoms with Gasteiger partial charge in [0.2, 0.25) is 10.0 Å². The number of hydrogen-bond donors (Lipinski definition) is 0. The Balaban J connectivity index is 2.13. The monoisotopic (exact) mass is 416 g/mol. The molecule has 0 aliphatic carbocycles. The molecule has 0 bridgehead atoms. The second-order valence-electron chi connectivity index (χ2n) is 6.03. The van der Waals surface area contributed by atoms with Crippen LogP contribution in [0.2, 0.25) is 0 Å². The minimum Gasteiger partial charge on any atom is -0.270 e. The van der Waals surface area contributed by atoms with Crippen LogP contribution in [0.15, 0.2) is 64.6 Å². The molecular weight excluding hydrogens is 392 g/mol. The molecule has 0 spiro atoms. The van der Waals surface area contributed by atoms with Crippen LogP contribution in [0.3, 0.4) is 0 Å². The molecule has 0 saturated carbocycles. The first-order chi connectivity index (χ1) is 13.5. The maximum atomic E-state index is 12.9. The van der Waals surface area contributed by atoms with Crippen LogP contribution in [-0.4, -0.2) is 46.3 Å². The zero-order chi connectivity index (χ0) is 20.1. The van der Waals surface area contributed by atoms with Crippen molar-refractivity contribution in [1.82, 2.24) is 19.1 Å². The number of para-hydroxylation sites is 1. The van der Waals surface area contributed by atoms with E-state index in [9.17, 15) is 8.42 Å². The van der Waals surface area contributed by atoms with Crippen molar-refractivity contribution in [3.8, 4) is 17.1 Å². The third-order valence-corrected chi connectivity index (χ3v) is 7.21. The number of nitrogens with zero attached hydrogens (tertiary/aromatic N) is 4. The SMILES string of the molecule is CCSc1nnc(-c2cccc(S(=O)(=O)N(CC)CC)c2)n1-c1ccccc1. The highest BCUT2D eigenvalue weighted by Gasteiger charge is 2.23. The number of sulfonamides is 1. The second kappa shape index (κ2) is 8.89. The maximum absolute atomic E-state index is 12.9. The van der Waals surface area contributed by atoms with Gasteiger partial charge in [0.1, 0.15) is 0 Å². The van der Waals surface area contributed by atoms with Gasteiger partial charge in [0.15, 0.2) is 11.0 Å². The van der Waals surface area contributed by atoms with Crippen LogP contribution in [0.25, 0.3) is 17.1 Å². The minimum absolute atomic E-state index is 0.265. The Kier molecular flexibility index (Phi) is 6.53. The fourth-order valence-corrected chi connectivity index (χ4v) is 5.18. The summed E-state index contributed by atoms with van der Waals surface area (Å²) in [5, 5.41) is 9.49. The highest BCUT2D eigenvalue weighted by Crippen LogP contribution is 2.29. The lowest BCUT2D eigenvalue weighted by atomic mass is 10.2. The lowest BCUT2D eigenvalue weighted by Gasteiger charge is -2.18. The maximum Gasteiger partial charge on any atom is 0.243 e. The summed E-state index contributed by atoms with van der Waals surface area (Å²) in [6.07, 6.45) is 0. The number of rotatable bonds is 8. The Morgan fingerprint density at radius 1 is 0.964 bits per heavy atom. The molecule has 148 valence electrons. The van der Waals surface area contributed by atoms with E-state index in [0.29, 0.717) is 24.5 Å². The lowest BCUT2D eigenvalue weighted by molar-refractivity contribution is 0.445. The van der Waals surface area contributed by atoms with E-state index >= 15 is 0 Å². The van der Waals surface area contributed by atoms with Gasteiger partial charge in [-0.2, -0.15) is 4.31 Å². The fraction of sp³-hybridized carbons (Fsp3) is 0.300. The summed E-state index contributed by atoms with van der Waals surface area (Å²) in [5.41, 5.74) is 1.66. The zero-order valence-corrected chi connectivity index (χ0v) is 17.9. The van der Waals surface area contributed by atoms with Crippen molar-refractivity contribution in [3.05, 3.63) is 54.6 Å². The second-order valence-corrected chi connectivity index (χ2v) is 9.20. The van der Waals surface area contributed by atoms with Crippen LogP contribution in [0.1, 0.15) is 20.8 Å². The fourth-order valence-electron chi connectivity index (χ4n) is 3.00. The number of thioether (sulfide) groups is 1. The van der Waals surface area contributed by atoms with E-state index in [0.717, 1.165) is 16.6 Å². The van der Waals surface area contributed by atoms with Gasteiger partial charge in [0.05, 0.1) is 4.90 Å². The molecule has 0 atom stereocenters. The third kappa shape index (κ3) is 3.99. The number of aromatic nitrogens is 3. The minimum atomic E-state index is -3.54. The highest BCUT2D eigenvalue weighted by atomic mass is 32.2. The normalized spacial score (nSPS) is 11.9. The van der Waals surface area contributed by atoms with Crippen LogP contribution in [0.5, 0.6) is 0 Å². The van der Waals surface area contributed by atoms with E-state index < -0.39 is 10.0 Å². The van der Waals surface area contributed by atoms with E-state index in [1.54, 1.807) is 30.0 Å². The van der Waals surface area contributed by atoms with Crippen molar-refractivity contribution in [2.75, 3.05) is 18.8 Å². The molecule has 0 N–H and O–H groups in total. The van der Waals surface area contributed by atoms with Gasteiger partial charge >= 0.3 is 0 Å². The highest BCUT2D eigenvalue weighted by molar-refractivity contribution is 7.99. The Bertz CT molecular complexity index is 1030. The zero-order valence-electron chi connectivity index (χ0n) is 16.2. The largest absolute Gasteiger partial charge is 0.270 e. The summed E-state index contributed by atoms with van der Waals surface area (Å²) in [7, 11) is -3.54. The molecule has 1 aromatic heterocycles. The molecule has 0 aliphatic rings. The average molecular weight is 417 g/mol. The predicted molar refractivity (Wildman–Crippen MR) is 113 cm³/mol. The summed E-state index contributed by atoms with van der Waals surface area (Å²) >= 11 is 1.60. The van der Waals surface area contributed by atoms with Gasteiger partial charge in [-0.3, -0.25) is 4.57 Å². The molecule has 3 rings (SSSR count). The summed E-state index contributed by atoms with van der Waals surface area (Å²) in [6.45, 7) is 6.60. The summed E-state index contributed by atoms with van der Waals surface area (Å²) in [5.74, 6) is 1.49. The summed E-state index contributed by atoms with van der Waals surface area (Å²) in [4.78, 5) is 0.265. The van der Waals surface area contributed by atoms with Crippen molar-refractivity contribution in [3.63, 3.8) is 0 Å². The Morgan fingerprint density at radius 3 is 2.32 bits per heavy atom. The third-order valence-electron chi connectivity index (χ3n) is 4.36. The van der Waals surface area contributed by atoms with E-state index in [1.807, 2.05) is 54.8 Å². The average Bonchev–Trinajstić information content (AvgIpc) is 3.13. The number of benzene rings is 2. The Morgan fingerprint density at radius 2 is 1.68 bits per heavy atom. The van der Waals surface area contributed by atoms with Gasteiger partial charge in [0, 0.05) is 24.3 Å². The van der Waals surface area contributed by atoms with E-state index in [4.69, 9.17) is 0 Å². The van der Waals surface area contributed by atoms with Gasteiger partial charge < -0.3 is 0 Å². The van der Waals surface area contributed by atoms with Crippen LogP contribution in [0, 0.1) is 0 Å². The summed E-state index contributed by atoms with van der Waals surface area (Å²) < 4.78 is 29.3. The van der Waals surface area contributed by atoms with Gasteiger partial charge in [-0.05, 0) is 30.0 Å². The van der Waals surface area contributed by atoms with Crippen molar-refractivity contribution in [2.45, 2.75) is 30.8 Å². The van der Waals surface area contributed by atoms with Crippen LogP contribution in [-0.2, 0) is 10.0 Å². The first-order valence-electron chi connectivity index (χ1n) is 9.27. The molecule has 28 heavy (non-hydrogen) atoms. The van der Waals surface area contributed by atoms with Crippen LogP contribution >= 0.6 is 11.8 Å². The molecule has 8 heteroatoms. The molecule has 0 radical (unpaired) electrons. The smallest absolute Gasteiger partial charge is 0.243 e. The topological polar surface area (TPSA) is 68.1 Å². The lowest BCUT2D eigenvalue weighted by Crippen LogP contribution is -2.30. The number of hydrogen-bond acceptors (Lipinski definition) is 5. The van der Waals surface area contributed by atoms with Gasteiger partial charge in [-0.1, -0.05) is 62.9 Å². The van der Waals surface area contributed by atoms with E-state index in [2.05, 4.69) is 17.1 Å². The molecule has 0 saturated heterocycles. The standard InChI is InChI=1S/C20H24N4O2S2/c1-4-23(5-2)28(25,26)18-14-10-11-16(15-18)19-21-22-20(27-6-3)24(19)17-12-8-7-9-13-17/h7-15H,4-6H2,1-3H3. The summed E-state index contributed by atoms with van der Waals surface area (Å²) in [6, 6.07) is 16.8. The molecule has 0 fully saturated rings. The molecule has 0 aliphatic heterocycles.